The molecular weight excluding hydrogens is 278 g/mol. The van der Waals surface area contributed by atoms with Crippen LogP contribution in [0.2, 0.25) is 0 Å². The molecule has 0 saturated heterocycles. The number of nitrogens with one attached hydrogen (secondary N) is 2. The van der Waals surface area contributed by atoms with E-state index in [2.05, 4.69) is 10.6 Å². The van der Waals surface area contributed by atoms with Crippen LogP contribution in [0.25, 0.3) is 0 Å². The minimum Gasteiger partial charge on any atom is -0.327 e. The van der Waals surface area contributed by atoms with E-state index in [-0.39, 0.29) is 22.6 Å². The van der Waals surface area contributed by atoms with Crippen molar-refractivity contribution in [2.45, 2.75) is 27.7 Å². The lowest BCUT2D eigenvalue weighted by atomic mass is 10.1. The molecule has 0 radical (unpaired) electrons. The van der Waals surface area contributed by atoms with Gasteiger partial charge in [-0.1, -0.05) is 19.9 Å². The number of hydrogen-bond donors (Lipinski definition) is 2. The number of benzene rings is 1. The summed E-state index contributed by atoms with van der Waals surface area (Å²) in [7, 11) is 0. The molecule has 7 heteroatoms. The third-order valence-corrected chi connectivity index (χ3v) is 3.11. The largest absolute Gasteiger partial charge is 0.327 e. The van der Waals surface area contributed by atoms with Gasteiger partial charge >= 0.3 is 0 Å². The van der Waals surface area contributed by atoms with E-state index in [1.54, 1.807) is 26.8 Å². The number of rotatable bonds is 3. The monoisotopic (exact) mass is 295 g/mol. The molecule has 0 bridgehead atoms. The zero-order valence-corrected chi connectivity index (χ0v) is 12.6. The highest BCUT2D eigenvalue weighted by molar-refractivity contribution is 7.80. The Labute approximate surface area is 122 Å². The molecular formula is C13H17N3O3S. The standard InChI is InChI=1S/C13H17N3O3S/c1-7(2)12(17)15-13(20)14-11-9(4)8(3)5-6-10(11)16(18)19/h5-7H,1-4H3,(H2,14,15,17,20). The number of thiocarbonyl (C=S) groups is 1. The Morgan fingerprint density at radius 1 is 1.35 bits per heavy atom. The Balaban J connectivity index is 3.02. The van der Waals surface area contributed by atoms with Crippen LogP contribution >= 0.6 is 12.2 Å². The zero-order chi connectivity index (χ0) is 15.4. The SMILES string of the molecule is Cc1ccc([N+](=O)[O-])c(NC(=S)NC(=O)C(C)C)c1C. The first-order chi connectivity index (χ1) is 9.23. The first-order valence-corrected chi connectivity index (χ1v) is 6.51. The molecule has 0 unspecified atom stereocenters. The molecule has 0 spiro atoms. The van der Waals surface area contributed by atoms with Crippen molar-refractivity contribution in [1.29, 1.82) is 0 Å². The maximum atomic E-state index is 11.5. The van der Waals surface area contributed by atoms with Crippen LogP contribution in [-0.2, 0) is 4.79 Å². The summed E-state index contributed by atoms with van der Waals surface area (Å²) >= 11 is 5.01. The molecule has 20 heavy (non-hydrogen) atoms. The van der Waals surface area contributed by atoms with Gasteiger partial charge in [0.05, 0.1) is 4.92 Å². The molecule has 108 valence electrons. The number of carbonyl (C=O) groups excluding carboxylic acids is 1. The van der Waals surface area contributed by atoms with Crippen molar-refractivity contribution in [3.8, 4) is 0 Å². The van der Waals surface area contributed by atoms with Crippen molar-refractivity contribution in [2.24, 2.45) is 5.92 Å². The zero-order valence-electron chi connectivity index (χ0n) is 11.8. The number of aryl methyl sites for hydroxylation is 1. The van der Waals surface area contributed by atoms with E-state index in [0.717, 1.165) is 11.1 Å². The fraction of sp³-hybridized carbons (Fsp3) is 0.385. The number of nitro groups is 1. The molecule has 2 N–H and O–H groups in total. The van der Waals surface area contributed by atoms with E-state index >= 15 is 0 Å². The second-order valence-electron chi connectivity index (χ2n) is 4.76. The van der Waals surface area contributed by atoms with Crippen LogP contribution in [0.5, 0.6) is 0 Å². The third kappa shape index (κ3) is 3.74. The molecule has 1 aromatic rings. The van der Waals surface area contributed by atoms with Gasteiger partial charge in [-0.3, -0.25) is 14.9 Å². The van der Waals surface area contributed by atoms with Crippen molar-refractivity contribution in [1.82, 2.24) is 5.32 Å². The number of carbonyl (C=O) groups is 1. The van der Waals surface area contributed by atoms with Crippen LogP contribution in [0.4, 0.5) is 11.4 Å². The van der Waals surface area contributed by atoms with Gasteiger partial charge in [-0.15, -0.1) is 0 Å². The van der Waals surface area contributed by atoms with Gasteiger partial charge in [-0.2, -0.15) is 0 Å². The summed E-state index contributed by atoms with van der Waals surface area (Å²) in [5.41, 5.74) is 1.86. The van der Waals surface area contributed by atoms with Crippen molar-refractivity contribution >= 4 is 34.6 Å². The molecule has 1 rings (SSSR count). The van der Waals surface area contributed by atoms with E-state index in [4.69, 9.17) is 12.2 Å². The molecule has 6 nitrogen and oxygen atoms in total. The molecule has 0 aromatic heterocycles. The summed E-state index contributed by atoms with van der Waals surface area (Å²) in [5.74, 6) is -0.459. The van der Waals surface area contributed by atoms with Crippen molar-refractivity contribution in [3.63, 3.8) is 0 Å². The molecule has 0 atom stereocenters. The van der Waals surface area contributed by atoms with Crippen LogP contribution in [-0.4, -0.2) is 15.9 Å². The van der Waals surface area contributed by atoms with Crippen LogP contribution < -0.4 is 10.6 Å². The maximum absolute atomic E-state index is 11.5. The van der Waals surface area contributed by atoms with Gasteiger partial charge in [0, 0.05) is 12.0 Å². The predicted octanol–water partition coefficient (Wildman–Crippen LogP) is 2.68. The Morgan fingerprint density at radius 2 is 1.95 bits per heavy atom. The molecule has 0 aliphatic heterocycles. The second-order valence-corrected chi connectivity index (χ2v) is 5.17. The second kappa shape index (κ2) is 6.42. The van der Waals surface area contributed by atoms with Crippen LogP contribution in [0.15, 0.2) is 12.1 Å². The molecule has 1 aromatic carbocycles. The molecule has 0 heterocycles. The fourth-order valence-corrected chi connectivity index (χ4v) is 1.72. The van der Waals surface area contributed by atoms with E-state index in [9.17, 15) is 14.9 Å². The van der Waals surface area contributed by atoms with Crippen molar-refractivity contribution < 1.29 is 9.72 Å². The molecule has 0 saturated carbocycles. The summed E-state index contributed by atoms with van der Waals surface area (Å²) in [4.78, 5) is 22.1. The average Bonchev–Trinajstić information content (AvgIpc) is 2.34. The Morgan fingerprint density at radius 3 is 2.45 bits per heavy atom. The van der Waals surface area contributed by atoms with E-state index in [0.29, 0.717) is 5.69 Å². The van der Waals surface area contributed by atoms with Crippen LogP contribution in [0.1, 0.15) is 25.0 Å². The lowest BCUT2D eigenvalue weighted by Gasteiger charge is -2.14. The highest BCUT2D eigenvalue weighted by Gasteiger charge is 2.19. The molecule has 1 amide bonds. The average molecular weight is 295 g/mol. The molecule has 0 aliphatic rings. The summed E-state index contributed by atoms with van der Waals surface area (Å²) in [6.45, 7) is 7.08. The lowest BCUT2D eigenvalue weighted by molar-refractivity contribution is -0.383. The number of nitro benzene ring substituents is 1. The summed E-state index contributed by atoms with van der Waals surface area (Å²) in [5, 5.41) is 16.3. The van der Waals surface area contributed by atoms with Gasteiger partial charge in [-0.05, 0) is 37.2 Å². The summed E-state index contributed by atoms with van der Waals surface area (Å²) < 4.78 is 0. The number of nitrogens with zero attached hydrogens (tertiary/aromatic N) is 1. The van der Waals surface area contributed by atoms with Crippen molar-refractivity contribution in [2.75, 3.05) is 5.32 Å². The van der Waals surface area contributed by atoms with Crippen molar-refractivity contribution in [3.05, 3.63) is 33.4 Å². The third-order valence-electron chi connectivity index (χ3n) is 2.91. The minimum atomic E-state index is -0.484. The maximum Gasteiger partial charge on any atom is 0.293 e. The van der Waals surface area contributed by atoms with Crippen LogP contribution in [0.3, 0.4) is 0 Å². The normalized spacial score (nSPS) is 10.2. The summed E-state index contributed by atoms with van der Waals surface area (Å²) in [6.07, 6.45) is 0. The smallest absolute Gasteiger partial charge is 0.293 e. The van der Waals surface area contributed by atoms with Gasteiger partial charge in [0.15, 0.2) is 5.11 Å². The molecule has 0 fully saturated rings. The quantitative estimate of drug-likeness (QED) is 0.509. The van der Waals surface area contributed by atoms with Gasteiger partial charge in [-0.25, -0.2) is 0 Å². The highest BCUT2D eigenvalue weighted by Crippen LogP contribution is 2.30. The number of hydrogen-bond acceptors (Lipinski definition) is 4. The first kappa shape index (κ1) is 16.0. The van der Waals surface area contributed by atoms with Crippen LogP contribution in [0, 0.1) is 29.9 Å². The van der Waals surface area contributed by atoms with Gasteiger partial charge in [0.25, 0.3) is 5.69 Å². The number of amides is 1. The van der Waals surface area contributed by atoms with Gasteiger partial charge in [0.2, 0.25) is 5.91 Å². The van der Waals surface area contributed by atoms with Gasteiger partial charge in [0.1, 0.15) is 5.69 Å². The minimum absolute atomic E-state index is 0.0560. The topological polar surface area (TPSA) is 84.3 Å². The Hall–Kier alpha value is -2.02. The van der Waals surface area contributed by atoms with Gasteiger partial charge < -0.3 is 10.6 Å². The highest BCUT2D eigenvalue weighted by atomic mass is 32.1. The predicted molar refractivity (Wildman–Crippen MR) is 81.8 cm³/mol. The Kier molecular flexibility index (Phi) is 5.15. The lowest BCUT2D eigenvalue weighted by Crippen LogP contribution is -2.37. The molecule has 0 aliphatic carbocycles. The first-order valence-electron chi connectivity index (χ1n) is 6.10. The van der Waals surface area contributed by atoms with E-state index in [1.807, 2.05) is 6.92 Å². The fourth-order valence-electron chi connectivity index (χ4n) is 1.51. The van der Waals surface area contributed by atoms with E-state index in [1.165, 1.54) is 6.07 Å². The Bertz CT molecular complexity index is 570. The number of anilines is 1. The van der Waals surface area contributed by atoms with E-state index < -0.39 is 4.92 Å². The summed E-state index contributed by atoms with van der Waals surface area (Å²) in [6, 6.07) is 3.09.